The number of rotatable bonds is 4. The molecule has 0 atom stereocenters. The summed E-state index contributed by atoms with van der Waals surface area (Å²) in [6.45, 7) is 0. The van der Waals surface area contributed by atoms with Crippen LogP contribution in [0.5, 0.6) is 11.5 Å². The van der Waals surface area contributed by atoms with Crippen LogP contribution in [0.25, 0.3) is 0 Å². The summed E-state index contributed by atoms with van der Waals surface area (Å²) in [5.74, 6) is 0.184. The molecule has 0 spiro atoms. The Kier molecular flexibility index (Phi) is 5.02. The van der Waals surface area contributed by atoms with Crippen molar-refractivity contribution >= 4 is 26.0 Å². The molecule has 0 aliphatic heterocycles. The molecular weight excluding hydrogens is 399 g/mol. The summed E-state index contributed by atoms with van der Waals surface area (Å²) in [4.78, 5) is 0.00303. The molecule has 0 amide bonds. The van der Waals surface area contributed by atoms with Crippen molar-refractivity contribution < 1.29 is 26.3 Å². The van der Waals surface area contributed by atoms with Gasteiger partial charge >= 0.3 is 6.18 Å². The van der Waals surface area contributed by atoms with Gasteiger partial charge in [0.2, 0.25) is 10.0 Å². The SMILES string of the molecule is CNS(=O)(=O)c1ccc(Oc2cccc(C(F)(F)F)c2)c(Br)c1. The Morgan fingerprint density at radius 2 is 1.83 bits per heavy atom. The molecule has 2 aromatic rings. The lowest BCUT2D eigenvalue weighted by molar-refractivity contribution is -0.137. The summed E-state index contributed by atoms with van der Waals surface area (Å²) >= 11 is 3.14. The van der Waals surface area contributed by atoms with Crippen LogP contribution in [0.15, 0.2) is 51.8 Å². The highest BCUT2D eigenvalue weighted by Gasteiger charge is 2.30. The minimum absolute atomic E-state index is 0.00303. The van der Waals surface area contributed by atoms with Gasteiger partial charge in [-0.15, -0.1) is 0 Å². The van der Waals surface area contributed by atoms with E-state index in [1.807, 2.05) is 0 Å². The number of hydrogen-bond acceptors (Lipinski definition) is 3. The predicted octanol–water partition coefficient (Wildman–Crippen LogP) is 4.17. The van der Waals surface area contributed by atoms with Crippen LogP contribution >= 0.6 is 15.9 Å². The first kappa shape index (κ1) is 17.8. The molecule has 0 aliphatic carbocycles. The molecule has 0 saturated carbocycles. The molecule has 0 saturated heterocycles. The topological polar surface area (TPSA) is 55.4 Å². The largest absolute Gasteiger partial charge is 0.456 e. The number of halogens is 4. The van der Waals surface area contributed by atoms with E-state index < -0.39 is 21.8 Å². The Morgan fingerprint density at radius 1 is 1.13 bits per heavy atom. The Morgan fingerprint density at radius 3 is 2.39 bits per heavy atom. The molecule has 124 valence electrons. The third-order valence-corrected chi connectivity index (χ3v) is 4.90. The lowest BCUT2D eigenvalue weighted by Gasteiger charge is -2.12. The summed E-state index contributed by atoms with van der Waals surface area (Å²) in [5.41, 5.74) is -0.833. The van der Waals surface area contributed by atoms with Crippen LogP contribution in [-0.2, 0) is 16.2 Å². The van der Waals surface area contributed by atoms with Gasteiger partial charge in [-0.25, -0.2) is 13.1 Å². The van der Waals surface area contributed by atoms with Gasteiger partial charge in [-0.3, -0.25) is 0 Å². The van der Waals surface area contributed by atoms with Crippen LogP contribution in [0, 0.1) is 0 Å². The van der Waals surface area contributed by atoms with Gasteiger partial charge < -0.3 is 4.74 Å². The maximum absolute atomic E-state index is 12.7. The highest BCUT2D eigenvalue weighted by molar-refractivity contribution is 9.10. The standard InChI is InChI=1S/C14H11BrF3NO3S/c1-19-23(20,21)11-5-6-13(12(15)8-11)22-10-4-2-3-9(7-10)14(16,17)18/h2-8,19H,1H3. The van der Waals surface area contributed by atoms with Crippen LogP contribution in [0.2, 0.25) is 0 Å². The van der Waals surface area contributed by atoms with E-state index >= 15 is 0 Å². The van der Waals surface area contributed by atoms with Crippen molar-refractivity contribution in [2.45, 2.75) is 11.1 Å². The van der Waals surface area contributed by atoms with Crippen molar-refractivity contribution in [3.63, 3.8) is 0 Å². The van der Waals surface area contributed by atoms with Gasteiger partial charge in [-0.05, 0) is 59.4 Å². The van der Waals surface area contributed by atoms with Crippen LogP contribution in [-0.4, -0.2) is 15.5 Å². The molecular formula is C14H11BrF3NO3S. The second-order valence-corrected chi connectivity index (χ2v) is 7.17. The maximum Gasteiger partial charge on any atom is 0.416 e. The molecule has 0 aromatic heterocycles. The quantitative estimate of drug-likeness (QED) is 0.824. The minimum atomic E-state index is -4.47. The highest BCUT2D eigenvalue weighted by Crippen LogP contribution is 2.35. The molecule has 0 aliphatic rings. The van der Waals surface area contributed by atoms with E-state index in [9.17, 15) is 21.6 Å². The molecule has 4 nitrogen and oxygen atoms in total. The van der Waals surface area contributed by atoms with E-state index in [1.54, 1.807) is 0 Å². The first-order chi connectivity index (χ1) is 10.6. The zero-order valence-electron chi connectivity index (χ0n) is 11.7. The van der Waals surface area contributed by atoms with E-state index in [2.05, 4.69) is 20.7 Å². The molecule has 0 fully saturated rings. The van der Waals surface area contributed by atoms with Crippen LogP contribution in [0.4, 0.5) is 13.2 Å². The fourth-order valence-corrected chi connectivity index (χ4v) is 3.08. The first-order valence-corrected chi connectivity index (χ1v) is 8.49. The highest BCUT2D eigenvalue weighted by atomic mass is 79.9. The predicted molar refractivity (Wildman–Crippen MR) is 81.9 cm³/mol. The third-order valence-electron chi connectivity index (χ3n) is 2.87. The molecule has 0 bridgehead atoms. The summed E-state index contributed by atoms with van der Waals surface area (Å²) in [6.07, 6.45) is -4.47. The fourth-order valence-electron chi connectivity index (χ4n) is 1.71. The lowest BCUT2D eigenvalue weighted by atomic mass is 10.2. The van der Waals surface area contributed by atoms with E-state index in [1.165, 1.54) is 37.4 Å². The van der Waals surface area contributed by atoms with Crippen LogP contribution in [0.1, 0.15) is 5.56 Å². The van der Waals surface area contributed by atoms with Gasteiger partial charge in [0.15, 0.2) is 0 Å². The smallest absolute Gasteiger partial charge is 0.416 e. The number of alkyl halides is 3. The van der Waals surface area contributed by atoms with Crippen molar-refractivity contribution in [1.29, 1.82) is 0 Å². The van der Waals surface area contributed by atoms with Crippen LogP contribution < -0.4 is 9.46 Å². The van der Waals surface area contributed by atoms with E-state index in [-0.39, 0.29) is 16.4 Å². The van der Waals surface area contributed by atoms with E-state index in [4.69, 9.17) is 4.74 Å². The van der Waals surface area contributed by atoms with Gasteiger partial charge in [0, 0.05) is 0 Å². The third kappa shape index (κ3) is 4.24. The molecule has 0 heterocycles. The van der Waals surface area contributed by atoms with Gasteiger partial charge in [0.05, 0.1) is 14.9 Å². The monoisotopic (exact) mass is 409 g/mol. The summed E-state index contributed by atoms with van der Waals surface area (Å²) in [7, 11) is -2.35. The number of benzene rings is 2. The lowest BCUT2D eigenvalue weighted by Crippen LogP contribution is -2.18. The second-order valence-electron chi connectivity index (χ2n) is 4.43. The summed E-state index contributed by atoms with van der Waals surface area (Å²) in [5, 5.41) is 0. The van der Waals surface area contributed by atoms with E-state index in [0.717, 1.165) is 12.1 Å². The van der Waals surface area contributed by atoms with Crippen molar-refractivity contribution in [2.75, 3.05) is 7.05 Å². The zero-order chi connectivity index (χ0) is 17.3. The number of hydrogen-bond donors (Lipinski definition) is 1. The molecule has 9 heteroatoms. The number of ether oxygens (including phenoxy) is 1. The Balaban J connectivity index is 2.32. The van der Waals surface area contributed by atoms with Crippen molar-refractivity contribution in [3.8, 4) is 11.5 Å². The normalized spacial score (nSPS) is 12.2. The van der Waals surface area contributed by atoms with Crippen molar-refractivity contribution in [2.24, 2.45) is 0 Å². The Hall–Kier alpha value is -1.58. The number of sulfonamides is 1. The average molecular weight is 410 g/mol. The maximum atomic E-state index is 12.7. The Labute approximate surface area is 139 Å². The van der Waals surface area contributed by atoms with Crippen LogP contribution in [0.3, 0.4) is 0 Å². The molecule has 2 aromatic carbocycles. The van der Waals surface area contributed by atoms with Gasteiger partial charge in [-0.2, -0.15) is 13.2 Å². The zero-order valence-corrected chi connectivity index (χ0v) is 14.1. The van der Waals surface area contributed by atoms with E-state index in [0.29, 0.717) is 4.47 Å². The first-order valence-electron chi connectivity index (χ1n) is 6.22. The van der Waals surface area contributed by atoms with Crippen molar-refractivity contribution in [1.82, 2.24) is 4.72 Å². The molecule has 2 rings (SSSR count). The van der Waals surface area contributed by atoms with Gasteiger partial charge in [0.1, 0.15) is 11.5 Å². The molecule has 23 heavy (non-hydrogen) atoms. The molecule has 0 radical (unpaired) electrons. The van der Waals surface area contributed by atoms with Gasteiger partial charge in [0.25, 0.3) is 0 Å². The van der Waals surface area contributed by atoms with Gasteiger partial charge in [-0.1, -0.05) is 6.07 Å². The minimum Gasteiger partial charge on any atom is -0.456 e. The Bertz CT molecular complexity index is 822. The summed E-state index contributed by atoms with van der Waals surface area (Å²) in [6, 6.07) is 8.35. The van der Waals surface area contributed by atoms with Crippen molar-refractivity contribution in [3.05, 3.63) is 52.5 Å². The molecule has 0 unspecified atom stereocenters. The number of nitrogens with one attached hydrogen (secondary N) is 1. The molecule has 1 N–H and O–H groups in total. The average Bonchev–Trinajstić information content (AvgIpc) is 2.48. The second kappa shape index (κ2) is 6.50. The summed E-state index contributed by atoms with van der Waals surface area (Å²) < 4.78 is 69.2. The fraction of sp³-hybridized carbons (Fsp3) is 0.143.